The fourth-order valence-corrected chi connectivity index (χ4v) is 2.02. The average molecular weight is 213 g/mol. The van der Waals surface area contributed by atoms with E-state index in [0.717, 1.165) is 25.8 Å². The Morgan fingerprint density at radius 1 is 1.33 bits per heavy atom. The minimum Gasteiger partial charge on any atom is -0.338 e. The van der Waals surface area contributed by atoms with Crippen molar-refractivity contribution in [3.05, 3.63) is 0 Å². The Hall–Kier alpha value is -0.530. The molecule has 0 saturated carbocycles. The van der Waals surface area contributed by atoms with Crippen molar-refractivity contribution < 1.29 is 4.79 Å². The van der Waals surface area contributed by atoms with Crippen molar-refractivity contribution in [2.75, 3.05) is 6.54 Å². The van der Waals surface area contributed by atoms with Crippen LogP contribution in [0.15, 0.2) is 0 Å². The van der Waals surface area contributed by atoms with Gasteiger partial charge >= 0.3 is 0 Å². The van der Waals surface area contributed by atoms with Gasteiger partial charge in [0, 0.05) is 19.0 Å². The van der Waals surface area contributed by atoms with E-state index in [1.165, 1.54) is 0 Å². The molecule has 2 heteroatoms. The van der Waals surface area contributed by atoms with Crippen LogP contribution in [0.25, 0.3) is 0 Å². The van der Waals surface area contributed by atoms with E-state index in [9.17, 15) is 4.79 Å². The molecule has 0 fully saturated rings. The molecule has 0 aromatic rings. The van der Waals surface area contributed by atoms with Gasteiger partial charge in [-0.15, -0.1) is 0 Å². The summed E-state index contributed by atoms with van der Waals surface area (Å²) >= 11 is 0. The zero-order valence-electron chi connectivity index (χ0n) is 11.3. The number of rotatable bonds is 6. The van der Waals surface area contributed by atoms with Crippen molar-refractivity contribution in [2.45, 2.75) is 66.3 Å². The fraction of sp³-hybridized carbons (Fsp3) is 0.923. The van der Waals surface area contributed by atoms with Crippen molar-refractivity contribution in [3.8, 4) is 0 Å². The van der Waals surface area contributed by atoms with Crippen molar-refractivity contribution in [1.82, 2.24) is 4.90 Å². The Kier molecular flexibility index (Phi) is 5.92. The number of carbonyl (C=O) groups excluding carboxylic acids is 1. The molecule has 1 amide bonds. The van der Waals surface area contributed by atoms with Gasteiger partial charge in [0.05, 0.1) is 0 Å². The standard InChI is InChI=1S/C13H27NO/c1-7-9-13(5,6)14(12(4)15)10-8-11(2)3/h11H,7-10H2,1-6H3. The summed E-state index contributed by atoms with van der Waals surface area (Å²) in [5, 5.41) is 0. The summed E-state index contributed by atoms with van der Waals surface area (Å²) in [4.78, 5) is 13.6. The Bertz CT molecular complexity index is 197. The van der Waals surface area contributed by atoms with Gasteiger partial charge < -0.3 is 4.90 Å². The van der Waals surface area contributed by atoms with Gasteiger partial charge in [-0.3, -0.25) is 4.79 Å². The van der Waals surface area contributed by atoms with Crippen molar-refractivity contribution in [3.63, 3.8) is 0 Å². The predicted octanol–water partition coefficient (Wildman–Crippen LogP) is 3.46. The van der Waals surface area contributed by atoms with Crippen LogP contribution in [0.2, 0.25) is 0 Å². The smallest absolute Gasteiger partial charge is 0.219 e. The lowest BCUT2D eigenvalue weighted by Gasteiger charge is -2.38. The molecule has 0 heterocycles. The maximum absolute atomic E-state index is 11.6. The Balaban J connectivity index is 4.44. The highest BCUT2D eigenvalue weighted by Gasteiger charge is 2.27. The predicted molar refractivity (Wildman–Crippen MR) is 65.8 cm³/mol. The Labute approximate surface area is 95.0 Å². The lowest BCUT2D eigenvalue weighted by molar-refractivity contribution is -0.134. The van der Waals surface area contributed by atoms with Gasteiger partial charge in [-0.2, -0.15) is 0 Å². The van der Waals surface area contributed by atoms with E-state index in [0.29, 0.717) is 5.92 Å². The van der Waals surface area contributed by atoms with Crippen LogP contribution < -0.4 is 0 Å². The molecule has 0 bridgehead atoms. The molecule has 0 rings (SSSR count). The number of nitrogens with zero attached hydrogens (tertiary/aromatic N) is 1. The molecule has 0 N–H and O–H groups in total. The SMILES string of the molecule is CCCC(C)(C)N(CCC(C)C)C(C)=O. The molecular formula is C13H27NO. The first kappa shape index (κ1) is 14.5. The van der Waals surface area contributed by atoms with Gasteiger partial charge in [0.1, 0.15) is 0 Å². The van der Waals surface area contributed by atoms with Crippen LogP contribution in [0, 0.1) is 5.92 Å². The van der Waals surface area contributed by atoms with Crippen molar-refractivity contribution >= 4 is 5.91 Å². The third-order valence-electron chi connectivity index (χ3n) is 2.90. The van der Waals surface area contributed by atoms with Crippen LogP contribution >= 0.6 is 0 Å². The lowest BCUT2D eigenvalue weighted by atomic mass is 9.95. The molecule has 0 saturated heterocycles. The summed E-state index contributed by atoms with van der Waals surface area (Å²) in [6, 6.07) is 0. The van der Waals surface area contributed by atoms with E-state index in [4.69, 9.17) is 0 Å². The number of hydrogen-bond acceptors (Lipinski definition) is 1. The summed E-state index contributed by atoms with van der Waals surface area (Å²) in [6.07, 6.45) is 3.29. The van der Waals surface area contributed by atoms with Crippen LogP contribution in [-0.4, -0.2) is 22.9 Å². The maximum atomic E-state index is 11.6. The summed E-state index contributed by atoms with van der Waals surface area (Å²) in [5.74, 6) is 0.860. The summed E-state index contributed by atoms with van der Waals surface area (Å²) < 4.78 is 0. The van der Waals surface area contributed by atoms with E-state index in [1.54, 1.807) is 6.92 Å². The van der Waals surface area contributed by atoms with Gasteiger partial charge in [0.25, 0.3) is 0 Å². The second-order valence-corrected chi connectivity index (χ2v) is 5.42. The quantitative estimate of drug-likeness (QED) is 0.661. The highest BCUT2D eigenvalue weighted by atomic mass is 16.2. The molecule has 0 aliphatic heterocycles. The Morgan fingerprint density at radius 2 is 1.87 bits per heavy atom. The second-order valence-electron chi connectivity index (χ2n) is 5.42. The zero-order chi connectivity index (χ0) is 12.1. The van der Waals surface area contributed by atoms with E-state index >= 15 is 0 Å². The van der Waals surface area contributed by atoms with Crippen LogP contribution in [0.4, 0.5) is 0 Å². The van der Waals surface area contributed by atoms with Crippen LogP contribution in [0.3, 0.4) is 0 Å². The van der Waals surface area contributed by atoms with E-state index in [1.807, 2.05) is 4.90 Å². The topological polar surface area (TPSA) is 20.3 Å². The number of hydrogen-bond donors (Lipinski definition) is 0. The number of amides is 1. The third kappa shape index (κ3) is 5.19. The van der Waals surface area contributed by atoms with Gasteiger partial charge in [0.2, 0.25) is 5.91 Å². The van der Waals surface area contributed by atoms with E-state index in [2.05, 4.69) is 34.6 Å². The second kappa shape index (κ2) is 6.14. The van der Waals surface area contributed by atoms with Crippen molar-refractivity contribution in [2.24, 2.45) is 5.92 Å². The molecular weight excluding hydrogens is 186 g/mol. The summed E-state index contributed by atoms with van der Waals surface area (Å²) in [5.41, 5.74) is 0.00940. The minimum atomic E-state index is 0.00940. The first-order valence-corrected chi connectivity index (χ1v) is 6.09. The maximum Gasteiger partial charge on any atom is 0.219 e. The van der Waals surface area contributed by atoms with Crippen LogP contribution in [-0.2, 0) is 4.79 Å². The van der Waals surface area contributed by atoms with E-state index < -0.39 is 0 Å². The Morgan fingerprint density at radius 3 is 2.20 bits per heavy atom. The van der Waals surface area contributed by atoms with Gasteiger partial charge in [-0.25, -0.2) is 0 Å². The summed E-state index contributed by atoms with van der Waals surface area (Å²) in [7, 11) is 0. The molecule has 2 nitrogen and oxygen atoms in total. The molecule has 90 valence electrons. The zero-order valence-corrected chi connectivity index (χ0v) is 11.3. The normalized spacial score (nSPS) is 11.9. The van der Waals surface area contributed by atoms with Crippen LogP contribution in [0.5, 0.6) is 0 Å². The first-order valence-electron chi connectivity index (χ1n) is 6.09. The van der Waals surface area contributed by atoms with E-state index in [-0.39, 0.29) is 11.4 Å². The van der Waals surface area contributed by atoms with Crippen molar-refractivity contribution in [1.29, 1.82) is 0 Å². The monoisotopic (exact) mass is 213 g/mol. The summed E-state index contributed by atoms with van der Waals surface area (Å²) in [6.45, 7) is 13.5. The largest absolute Gasteiger partial charge is 0.338 e. The average Bonchev–Trinajstić information content (AvgIpc) is 2.01. The molecule has 0 aromatic heterocycles. The highest BCUT2D eigenvalue weighted by molar-refractivity contribution is 5.74. The molecule has 0 aliphatic rings. The minimum absolute atomic E-state index is 0.00940. The molecule has 0 aliphatic carbocycles. The molecule has 0 unspecified atom stereocenters. The fourth-order valence-electron chi connectivity index (χ4n) is 2.02. The van der Waals surface area contributed by atoms with Crippen LogP contribution in [0.1, 0.15) is 60.8 Å². The highest BCUT2D eigenvalue weighted by Crippen LogP contribution is 2.21. The third-order valence-corrected chi connectivity index (χ3v) is 2.90. The van der Waals surface area contributed by atoms with Gasteiger partial charge in [-0.05, 0) is 32.6 Å². The number of carbonyl (C=O) groups is 1. The van der Waals surface area contributed by atoms with Gasteiger partial charge in [-0.1, -0.05) is 27.2 Å². The molecule has 0 radical (unpaired) electrons. The molecule has 0 spiro atoms. The first-order chi connectivity index (χ1) is 6.81. The van der Waals surface area contributed by atoms with Gasteiger partial charge in [0.15, 0.2) is 0 Å². The molecule has 0 atom stereocenters. The molecule has 0 aromatic carbocycles. The lowest BCUT2D eigenvalue weighted by Crippen LogP contribution is -2.47. The molecule has 15 heavy (non-hydrogen) atoms.